The summed E-state index contributed by atoms with van der Waals surface area (Å²) in [5, 5.41) is 23.6. The van der Waals surface area contributed by atoms with Gasteiger partial charge in [-0.15, -0.1) is 0 Å². The van der Waals surface area contributed by atoms with Crippen molar-refractivity contribution >= 4 is 5.97 Å². The van der Waals surface area contributed by atoms with Crippen molar-refractivity contribution in [1.29, 1.82) is 0 Å². The Balaban J connectivity index is 1.88. The highest BCUT2D eigenvalue weighted by Crippen LogP contribution is 2.44. The van der Waals surface area contributed by atoms with Crippen LogP contribution in [0.5, 0.6) is 5.75 Å². The average Bonchev–Trinajstić information content (AvgIpc) is 2.76. The zero-order valence-corrected chi connectivity index (χ0v) is 18.1. The smallest absolute Gasteiger partial charge is 0.308 e. The largest absolute Gasteiger partial charge is 0.508 e. The molecule has 2 aromatic carbocycles. The van der Waals surface area contributed by atoms with E-state index in [0.717, 1.165) is 30.4 Å². The van der Waals surface area contributed by atoms with E-state index in [4.69, 9.17) is 4.74 Å². The van der Waals surface area contributed by atoms with E-state index in [1.807, 2.05) is 42.5 Å². The summed E-state index contributed by atoms with van der Waals surface area (Å²) in [6.07, 6.45) is 2.90. The van der Waals surface area contributed by atoms with Crippen molar-refractivity contribution in [2.75, 3.05) is 13.7 Å². The molecule has 5 nitrogen and oxygen atoms in total. The summed E-state index contributed by atoms with van der Waals surface area (Å²) >= 11 is 0. The van der Waals surface area contributed by atoms with E-state index in [2.05, 4.69) is 19.2 Å². The molecule has 1 aliphatic carbocycles. The molecule has 5 heteroatoms. The van der Waals surface area contributed by atoms with Crippen molar-refractivity contribution in [2.24, 2.45) is 5.92 Å². The van der Waals surface area contributed by atoms with Gasteiger partial charge in [-0.3, -0.25) is 4.79 Å². The molecule has 162 valence electrons. The summed E-state index contributed by atoms with van der Waals surface area (Å²) in [4.78, 5) is 12.0. The van der Waals surface area contributed by atoms with Gasteiger partial charge in [-0.1, -0.05) is 50.2 Å². The molecule has 0 saturated carbocycles. The molecular weight excluding hydrogens is 378 g/mol. The number of carbonyl (C=O) groups is 1. The summed E-state index contributed by atoms with van der Waals surface area (Å²) < 4.78 is 5.89. The minimum atomic E-state index is -0.798. The Bertz CT molecular complexity index is 847. The monoisotopic (exact) mass is 411 g/mol. The van der Waals surface area contributed by atoms with E-state index in [0.29, 0.717) is 13.0 Å². The first-order valence-corrected chi connectivity index (χ1v) is 10.8. The molecule has 0 bridgehead atoms. The minimum Gasteiger partial charge on any atom is -0.508 e. The lowest BCUT2D eigenvalue weighted by molar-refractivity contribution is -0.141. The number of ether oxygens (including phenoxy) is 1. The topological polar surface area (TPSA) is 78.8 Å². The lowest BCUT2D eigenvalue weighted by Gasteiger charge is -2.49. The third-order valence-electron chi connectivity index (χ3n) is 6.84. The van der Waals surface area contributed by atoms with Crippen molar-refractivity contribution < 1.29 is 19.7 Å². The van der Waals surface area contributed by atoms with Gasteiger partial charge in [0.1, 0.15) is 5.75 Å². The molecule has 0 aliphatic heterocycles. The van der Waals surface area contributed by atoms with Crippen LogP contribution in [0.2, 0.25) is 0 Å². The molecule has 0 saturated heterocycles. The van der Waals surface area contributed by atoms with Gasteiger partial charge in [0.2, 0.25) is 0 Å². The van der Waals surface area contributed by atoms with E-state index in [1.54, 1.807) is 13.2 Å². The summed E-state index contributed by atoms with van der Waals surface area (Å²) in [6.45, 7) is 4.68. The zero-order valence-electron chi connectivity index (χ0n) is 18.1. The predicted molar refractivity (Wildman–Crippen MR) is 118 cm³/mol. The van der Waals surface area contributed by atoms with Gasteiger partial charge in [-0.25, -0.2) is 0 Å². The molecule has 2 aromatic rings. The van der Waals surface area contributed by atoms with E-state index < -0.39 is 11.9 Å². The maximum Gasteiger partial charge on any atom is 0.308 e. The van der Waals surface area contributed by atoms with Crippen LogP contribution in [0, 0.1) is 5.92 Å². The highest BCUT2D eigenvalue weighted by molar-refractivity contribution is 5.70. The molecule has 0 aromatic heterocycles. The summed E-state index contributed by atoms with van der Waals surface area (Å²) in [5.74, 6) is -1.06. The maximum absolute atomic E-state index is 12.0. The quantitative estimate of drug-likeness (QED) is 0.583. The first-order valence-electron chi connectivity index (χ1n) is 10.8. The van der Waals surface area contributed by atoms with Crippen LogP contribution in [-0.2, 0) is 27.8 Å². The standard InChI is InChI=1S/C25H33NO4/c1-4-25(5-2)21-15-20(27)12-11-18(21)14-22(30-3)23(25)26-16-19(24(28)29)13-17-9-7-6-8-10-17/h6-12,15,19,22-23,26-27H,4-5,13-14,16H2,1-3H3,(H,28,29). The molecule has 0 heterocycles. The second kappa shape index (κ2) is 9.63. The van der Waals surface area contributed by atoms with Crippen LogP contribution >= 0.6 is 0 Å². The van der Waals surface area contributed by atoms with E-state index in [1.165, 1.54) is 5.56 Å². The number of aromatic hydroxyl groups is 1. The van der Waals surface area contributed by atoms with Gasteiger partial charge < -0.3 is 20.3 Å². The second-order valence-corrected chi connectivity index (χ2v) is 8.29. The highest BCUT2D eigenvalue weighted by atomic mass is 16.5. The number of nitrogens with one attached hydrogen (secondary N) is 1. The predicted octanol–water partition coefficient (Wildman–Crippen LogP) is 3.92. The Morgan fingerprint density at radius 1 is 1.20 bits per heavy atom. The van der Waals surface area contributed by atoms with Gasteiger partial charge in [-0.2, -0.15) is 0 Å². The Kier molecular flexibility index (Phi) is 7.16. The number of fused-ring (bicyclic) bond motifs is 1. The van der Waals surface area contributed by atoms with Gasteiger partial charge in [0, 0.05) is 31.5 Å². The van der Waals surface area contributed by atoms with Crippen LogP contribution in [0.4, 0.5) is 0 Å². The number of phenols is 1. The number of aliphatic carboxylic acids is 1. The van der Waals surface area contributed by atoms with Crippen molar-refractivity contribution in [3.05, 3.63) is 65.2 Å². The Hall–Kier alpha value is -2.37. The number of carboxylic acid groups (broad SMARTS) is 1. The van der Waals surface area contributed by atoms with Gasteiger partial charge in [0.15, 0.2) is 0 Å². The third-order valence-corrected chi connectivity index (χ3v) is 6.84. The van der Waals surface area contributed by atoms with Crippen LogP contribution in [0.3, 0.4) is 0 Å². The lowest BCUT2D eigenvalue weighted by atomic mass is 9.62. The Labute approximate surface area is 179 Å². The van der Waals surface area contributed by atoms with Crippen molar-refractivity contribution in [3.63, 3.8) is 0 Å². The third kappa shape index (κ3) is 4.37. The number of methoxy groups -OCH3 is 1. The molecule has 1 aliphatic rings. The summed E-state index contributed by atoms with van der Waals surface area (Å²) in [5.41, 5.74) is 3.13. The van der Waals surface area contributed by atoms with Gasteiger partial charge in [0.25, 0.3) is 0 Å². The summed E-state index contributed by atoms with van der Waals surface area (Å²) in [7, 11) is 1.72. The average molecular weight is 412 g/mol. The first-order chi connectivity index (χ1) is 14.4. The number of rotatable bonds is 9. The van der Waals surface area contributed by atoms with E-state index in [-0.39, 0.29) is 23.3 Å². The van der Waals surface area contributed by atoms with Crippen molar-refractivity contribution in [1.82, 2.24) is 5.32 Å². The van der Waals surface area contributed by atoms with Gasteiger partial charge in [-0.05, 0) is 48.1 Å². The van der Waals surface area contributed by atoms with Crippen LogP contribution in [0.1, 0.15) is 43.4 Å². The molecule has 3 unspecified atom stereocenters. The van der Waals surface area contributed by atoms with Gasteiger partial charge >= 0.3 is 5.97 Å². The maximum atomic E-state index is 12.0. The highest BCUT2D eigenvalue weighted by Gasteiger charge is 2.47. The fourth-order valence-corrected chi connectivity index (χ4v) is 5.10. The summed E-state index contributed by atoms with van der Waals surface area (Å²) in [6, 6.07) is 15.3. The molecule has 3 N–H and O–H groups in total. The molecule has 0 amide bonds. The Morgan fingerprint density at radius 3 is 2.50 bits per heavy atom. The van der Waals surface area contributed by atoms with Crippen LogP contribution in [0.25, 0.3) is 0 Å². The molecule has 30 heavy (non-hydrogen) atoms. The van der Waals surface area contributed by atoms with Crippen LogP contribution in [-0.4, -0.2) is 42.0 Å². The molecular formula is C25H33NO4. The first kappa shape index (κ1) is 22.3. The lowest BCUT2D eigenvalue weighted by Crippen LogP contribution is -2.59. The fraction of sp³-hybridized carbons (Fsp3) is 0.480. The molecule has 3 rings (SSSR count). The number of hydrogen-bond acceptors (Lipinski definition) is 4. The molecule has 0 radical (unpaired) electrons. The molecule has 0 fully saturated rings. The zero-order chi connectivity index (χ0) is 21.7. The van der Waals surface area contributed by atoms with E-state index >= 15 is 0 Å². The Morgan fingerprint density at radius 2 is 1.90 bits per heavy atom. The number of carboxylic acids is 1. The SMILES string of the molecule is CCC1(CC)c2cc(O)ccc2CC(OC)C1NCC(Cc1ccccc1)C(=O)O. The van der Waals surface area contributed by atoms with Crippen molar-refractivity contribution in [3.8, 4) is 5.75 Å². The molecule has 3 atom stereocenters. The minimum absolute atomic E-state index is 0.0376. The fourth-order valence-electron chi connectivity index (χ4n) is 5.10. The second-order valence-electron chi connectivity index (χ2n) is 8.29. The van der Waals surface area contributed by atoms with E-state index in [9.17, 15) is 15.0 Å². The molecule has 0 spiro atoms. The number of phenolic OH excluding ortho intramolecular Hbond substituents is 1. The van der Waals surface area contributed by atoms with Crippen molar-refractivity contribution in [2.45, 2.75) is 57.1 Å². The van der Waals surface area contributed by atoms with Gasteiger partial charge in [0.05, 0.1) is 12.0 Å². The number of benzene rings is 2. The van der Waals surface area contributed by atoms with Crippen LogP contribution < -0.4 is 5.32 Å². The normalized spacial score (nSPS) is 21.0. The number of hydrogen-bond donors (Lipinski definition) is 3. The van der Waals surface area contributed by atoms with Crippen LogP contribution in [0.15, 0.2) is 48.5 Å².